The van der Waals surface area contributed by atoms with Gasteiger partial charge in [0, 0.05) is 104 Å². The summed E-state index contributed by atoms with van der Waals surface area (Å²) in [6.07, 6.45) is 29.6. The third kappa shape index (κ3) is 9.99. The van der Waals surface area contributed by atoms with E-state index in [1.54, 1.807) is 37.1 Å². The largest absolute Gasteiger partial charge is 0.361 e. The summed E-state index contributed by atoms with van der Waals surface area (Å²) in [7, 11) is 3.95. The second kappa shape index (κ2) is 17.8. The number of aromatic nitrogens is 6. The lowest BCUT2D eigenvalue weighted by Gasteiger charge is -1.94. The van der Waals surface area contributed by atoms with Crippen LogP contribution in [-0.4, -0.2) is 35.0 Å². The van der Waals surface area contributed by atoms with Crippen LogP contribution in [-0.2, 0) is 18.9 Å². The van der Waals surface area contributed by atoms with Crippen LogP contribution in [0.25, 0.3) is 51.6 Å². The molecule has 2 N–H and O–H groups in total. The van der Waals surface area contributed by atoms with Crippen molar-refractivity contribution >= 4 is 24.1 Å². The molecule has 0 aliphatic heterocycles. The standard InChI is InChI=1S/C14H12N4O.C13H14N2.C12H12N2/c1-18-9-12(11-4-6-16-7-5-11)8-13(18)2-3-14(19)17-10-15;1-3-4-13-9-12(10-15(13)2)11-5-7-14-8-6-11;1-2-3-12-8-11(9-14-12)10-4-6-13-7-5-10/h2-9H,1H3,(H,17,19);3-10H,1-2H3;2-9,14H,1H3/b3-2+;4-3+;3-2+. The van der Waals surface area contributed by atoms with E-state index in [0.717, 1.165) is 22.5 Å². The van der Waals surface area contributed by atoms with E-state index >= 15 is 0 Å². The zero-order valence-electron chi connectivity index (χ0n) is 27.4. The third-order valence-electron chi connectivity index (χ3n) is 7.10. The molecule has 0 saturated carbocycles. The highest BCUT2D eigenvalue weighted by atomic mass is 16.1. The van der Waals surface area contributed by atoms with Crippen LogP contribution in [0, 0.1) is 11.5 Å². The molecule has 0 aliphatic rings. The minimum Gasteiger partial charge on any atom is -0.361 e. The number of carbonyl (C=O) groups excluding carboxylic acids is 1. The Morgan fingerprint density at radius 1 is 0.688 bits per heavy atom. The number of carbonyl (C=O) groups is 1. The summed E-state index contributed by atoms with van der Waals surface area (Å²) in [5, 5.41) is 10.4. The number of nitriles is 1. The van der Waals surface area contributed by atoms with E-state index in [0.29, 0.717) is 0 Å². The molecule has 0 saturated heterocycles. The third-order valence-corrected chi connectivity index (χ3v) is 7.10. The van der Waals surface area contributed by atoms with Gasteiger partial charge < -0.3 is 14.1 Å². The van der Waals surface area contributed by atoms with Crippen LogP contribution in [0.2, 0.25) is 0 Å². The van der Waals surface area contributed by atoms with Crippen molar-refractivity contribution in [3.63, 3.8) is 0 Å². The molecule has 0 aromatic carbocycles. The number of pyridine rings is 3. The maximum Gasteiger partial charge on any atom is 0.257 e. The first-order chi connectivity index (χ1) is 23.4. The number of hydrogen-bond acceptors (Lipinski definition) is 5. The van der Waals surface area contributed by atoms with E-state index in [-0.39, 0.29) is 0 Å². The van der Waals surface area contributed by atoms with Crippen molar-refractivity contribution in [3.8, 4) is 39.6 Å². The van der Waals surface area contributed by atoms with Gasteiger partial charge in [-0.15, -0.1) is 0 Å². The molecule has 0 aliphatic carbocycles. The van der Waals surface area contributed by atoms with Gasteiger partial charge in [0.15, 0.2) is 6.19 Å². The molecule has 6 heterocycles. The molecule has 6 aromatic heterocycles. The van der Waals surface area contributed by atoms with E-state index in [9.17, 15) is 4.79 Å². The molecule has 9 nitrogen and oxygen atoms in total. The fraction of sp³-hybridized carbons (Fsp3) is 0.103. The molecule has 0 fully saturated rings. The number of allylic oxidation sites excluding steroid dienone is 2. The van der Waals surface area contributed by atoms with Gasteiger partial charge in [0.05, 0.1) is 0 Å². The Balaban J connectivity index is 0.000000165. The second-order valence-corrected chi connectivity index (χ2v) is 10.5. The lowest BCUT2D eigenvalue weighted by Crippen LogP contribution is -2.13. The molecule has 48 heavy (non-hydrogen) atoms. The van der Waals surface area contributed by atoms with E-state index in [4.69, 9.17) is 5.26 Å². The lowest BCUT2D eigenvalue weighted by molar-refractivity contribution is -0.115. The predicted octanol–water partition coefficient (Wildman–Crippen LogP) is 7.93. The zero-order valence-corrected chi connectivity index (χ0v) is 27.4. The highest BCUT2D eigenvalue weighted by Crippen LogP contribution is 2.23. The molecular formula is C39H38N8O. The summed E-state index contributed by atoms with van der Waals surface area (Å²) in [4.78, 5) is 26.3. The van der Waals surface area contributed by atoms with Crippen molar-refractivity contribution in [1.29, 1.82) is 5.26 Å². The number of hydrogen-bond donors (Lipinski definition) is 2. The first-order valence-corrected chi connectivity index (χ1v) is 15.3. The van der Waals surface area contributed by atoms with Gasteiger partial charge in [-0.1, -0.05) is 12.2 Å². The molecule has 0 unspecified atom stereocenters. The number of amides is 1. The summed E-state index contributed by atoms with van der Waals surface area (Å²) < 4.78 is 4.03. The van der Waals surface area contributed by atoms with Gasteiger partial charge in [-0.05, 0) is 109 Å². The number of aryl methyl sites for hydroxylation is 2. The average Bonchev–Trinajstić information content (AvgIpc) is 3.85. The Kier molecular flexibility index (Phi) is 12.8. The summed E-state index contributed by atoms with van der Waals surface area (Å²) >= 11 is 0. The van der Waals surface area contributed by atoms with Gasteiger partial charge in [0.1, 0.15) is 0 Å². The molecule has 0 spiro atoms. The number of aromatic amines is 1. The van der Waals surface area contributed by atoms with Gasteiger partial charge in [0.2, 0.25) is 0 Å². The second-order valence-electron chi connectivity index (χ2n) is 10.5. The van der Waals surface area contributed by atoms with Gasteiger partial charge in [-0.3, -0.25) is 25.1 Å². The maximum absolute atomic E-state index is 11.2. The molecule has 0 radical (unpaired) electrons. The zero-order chi connectivity index (χ0) is 34.1. The van der Waals surface area contributed by atoms with E-state index in [1.807, 2.05) is 116 Å². The Morgan fingerprint density at radius 3 is 1.60 bits per heavy atom. The highest BCUT2D eigenvalue weighted by Gasteiger charge is 2.04. The highest BCUT2D eigenvalue weighted by molar-refractivity contribution is 5.92. The first kappa shape index (κ1) is 34.3. The molecule has 1 amide bonds. The van der Waals surface area contributed by atoms with E-state index in [2.05, 4.69) is 56.0 Å². The van der Waals surface area contributed by atoms with Gasteiger partial charge >= 0.3 is 0 Å². The maximum atomic E-state index is 11.2. The summed E-state index contributed by atoms with van der Waals surface area (Å²) in [6, 6.07) is 18.2. The van der Waals surface area contributed by atoms with E-state index in [1.165, 1.54) is 34.0 Å². The summed E-state index contributed by atoms with van der Waals surface area (Å²) in [5.41, 5.74) is 10.1. The topological polar surface area (TPSA) is 117 Å². The summed E-state index contributed by atoms with van der Waals surface area (Å²) in [6.45, 7) is 4.03. The van der Waals surface area contributed by atoms with Crippen molar-refractivity contribution in [2.24, 2.45) is 14.1 Å². The van der Waals surface area contributed by atoms with Crippen molar-refractivity contribution in [2.75, 3.05) is 0 Å². The number of H-pyrrole nitrogens is 1. The molecule has 9 heteroatoms. The van der Waals surface area contributed by atoms with Crippen molar-refractivity contribution in [3.05, 3.63) is 146 Å². The van der Waals surface area contributed by atoms with Gasteiger partial charge in [-0.2, -0.15) is 5.26 Å². The van der Waals surface area contributed by atoms with Crippen LogP contribution in [0.1, 0.15) is 30.9 Å². The lowest BCUT2D eigenvalue weighted by atomic mass is 10.1. The fourth-order valence-electron chi connectivity index (χ4n) is 4.73. The molecule has 6 rings (SSSR count). The van der Waals surface area contributed by atoms with Crippen LogP contribution in [0.4, 0.5) is 0 Å². The Hall–Kier alpha value is -6.53. The number of nitrogens with one attached hydrogen (secondary N) is 2. The molecule has 0 atom stereocenters. The molecule has 0 bridgehead atoms. The molecule has 240 valence electrons. The summed E-state index contributed by atoms with van der Waals surface area (Å²) in [5.74, 6) is -0.436. The van der Waals surface area contributed by atoms with Crippen LogP contribution >= 0.6 is 0 Å². The average molecular weight is 635 g/mol. The quantitative estimate of drug-likeness (QED) is 0.105. The van der Waals surface area contributed by atoms with Crippen molar-refractivity contribution < 1.29 is 4.79 Å². The first-order valence-electron chi connectivity index (χ1n) is 15.3. The monoisotopic (exact) mass is 634 g/mol. The van der Waals surface area contributed by atoms with Crippen LogP contribution in [0.5, 0.6) is 0 Å². The number of nitrogens with zero attached hydrogens (tertiary/aromatic N) is 6. The SMILES string of the molecule is C/C=C/c1cc(-c2ccncc2)c[nH]1.C/C=C/c1cc(-c2ccncc2)cn1C.Cn1cc(-c2ccncc2)cc1/C=C/C(=O)NC#N. The van der Waals surface area contributed by atoms with Gasteiger partial charge in [0.25, 0.3) is 5.91 Å². The Labute approximate surface area is 281 Å². The van der Waals surface area contributed by atoms with Crippen LogP contribution in [0.3, 0.4) is 0 Å². The number of rotatable bonds is 7. The van der Waals surface area contributed by atoms with Gasteiger partial charge in [-0.25, -0.2) is 0 Å². The smallest absolute Gasteiger partial charge is 0.257 e. The van der Waals surface area contributed by atoms with Crippen LogP contribution < -0.4 is 5.32 Å². The Morgan fingerprint density at radius 2 is 1.15 bits per heavy atom. The van der Waals surface area contributed by atoms with Crippen molar-refractivity contribution in [1.82, 2.24) is 34.4 Å². The van der Waals surface area contributed by atoms with Crippen molar-refractivity contribution in [2.45, 2.75) is 13.8 Å². The minimum absolute atomic E-state index is 0.436. The molecular weight excluding hydrogens is 596 g/mol. The van der Waals surface area contributed by atoms with E-state index < -0.39 is 5.91 Å². The minimum atomic E-state index is -0.436. The molecule has 6 aromatic rings. The predicted molar refractivity (Wildman–Crippen MR) is 194 cm³/mol. The normalized spacial score (nSPS) is 10.7. The fourth-order valence-corrected chi connectivity index (χ4v) is 4.73. The Bertz CT molecular complexity index is 2010. The van der Waals surface area contributed by atoms with Crippen LogP contribution in [0.15, 0.2) is 129 Å².